The van der Waals surface area contributed by atoms with Crippen LogP contribution < -0.4 is 0 Å². The Kier molecular flexibility index (Phi) is 1.93. The number of nitrogens with zero attached hydrogens (tertiary/aromatic N) is 3. The number of benzene rings is 1. The third-order valence-corrected chi connectivity index (χ3v) is 2.45. The molecule has 2 aliphatic heterocycles. The first-order valence-corrected chi connectivity index (χ1v) is 4.87. The number of aromatic nitrogens is 3. The molecule has 4 heteroatoms. The molecule has 1 aromatic carbocycles. The van der Waals surface area contributed by atoms with Gasteiger partial charge in [-0.3, -0.25) is 9.55 Å². The van der Waals surface area contributed by atoms with E-state index in [1.54, 1.807) is 30.9 Å². The summed E-state index contributed by atoms with van der Waals surface area (Å²) in [5.41, 5.74) is 2.65. The maximum Gasteiger partial charge on any atom is 0.123 e. The van der Waals surface area contributed by atoms with E-state index in [0.717, 1.165) is 17.1 Å². The third kappa shape index (κ3) is 1.35. The van der Waals surface area contributed by atoms with Crippen LogP contribution in [0.25, 0.3) is 17.1 Å². The van der Waals surface area contributed by atoms with Crippen LogP contribution in [0.1, 0.15) is 0 Å². The van der Waals surface area contributed by atoms with Crippen LogP contribution in [-0.4, -0.2) is 14.5 Å². The average molecular weight is 213 g/mol. The summed E-state index contributed by atoms with van der Waals surface area (Å²) in [5.74, 6) is -0.245. The van der Waals surface area contributed by atoms with E-state index in [4.69, 9.17) is 0 Å². The molecule has 3 rings (SSSR count). The fourth-order valence-electron chi connectivity index (χ4n) is 1.68. The number of halogens is 1. The molecule has 0 amide bonds. The summed E-state index contributed by atoms with van der Waals surface area (Å²) >= 11 is 0. The van der Waals surface area contributed by atoms with Gasteiger partial charge in [0.1, 0.15) is 11.5 Å². The van der Waals surface area contributed by atoms with Gasteiger partial charge in [0.15, 0.2) is 0 Å². The van der Waals surface area contributed by atoms with Crippen molar-refractivity contribution in [1.82, 2.24) is 14.5 Å². The minimum atomic E-state index is -0.245. The molecule has 0 spiro atoms. The molecule has 0 aromatic heterocycles. The molecule has 2 aliphatic rings. The molecule has 0 saturated heterocycles. The second-order valence-corrected chi connectivity index (χ2v) is 3.46. The summed E-state index contributed by atoms with van der Waals surface area (Å²) in [6.45, 7) is 0. The van der Waals surface area contributed by atoms with E-state index in [-0.39, 0.29) is 5.82 Å². The van der Waals surface area contributed by atoms with Gasteiger partial charge in [-0.25, -0.2) is 9.37 Å². The predicted octanol–water partition coefficient (Wildman–Crippen LogP) is 2.51. The van der Waals surface area contributed by atoms with Crippen molar-refractivity contribution >= 4 is 0 Å². The average Bonchev–Trinajstić information content (AvgIpc) is 2.78. The van der Waals surface area contributed by atoms with Crippen LogP contribution in [0.3, 0.4) is 0 Å². The van der Waals surface area contributed by atoms with Crippen LogP contribution in [0, 0.1) is 5.82 Å². The second kappa shape index (κ2) is 3.41. The topological polar surface area (TPSA) is 30.7 Å². The van der Waals surface area contributed by atoms with Crippen molar-refractivity contribution in [2.75, 3.05) is 0 Å². The van der Waals surface area contributed by atoms with Crippen LogP contribution in [0.2, 0.25) is 0 Å². The van der Waals surface area contributed by atoms with E-state index < -0.39 is 0 Å². The molecule has 0 bridgehead atoms. The Bertz CT molecular complexity index is 586. The lowest BCUT2D eigenvalue weighted by Gasteiger charge is -2.10. The molecule has 0 unspecified atom stereocenters. The zero-order chi connectivity index (χ0) is 11.0. The molecular formula is C12H8FN3. The van der Waals surface area contributed by atoms with E-state index in [9.17, 15) is 4.39 Å². The Morgan fingerprint density at radius 1 is 1.06 bits per heavy atom. The summed E-state index contributed by atoms with van der Waals surface area (Å²) in [4.78, 5) is 8.26. The van der Waals surface area contributed by atoms with Crippen molar-refractivity contribution in [3.05, 3.63) is 54.9 Å². The molecule has 1 aromatic rings. The van der Waals surface area contributed by atoms with Crippen LogP contribution in [-0.2, 0) is 0 Å². The van der Waals surface area contributed by atoms with Crippen molar-refractivity contribution in [2.45, 2.75) is 0 Å². The van der Waals surface area contributed by atoms with Gasteiger partial charge in [0.05, 0.1) is 18.2 Å². The molecule has 0 radical (unpaired) electrons. The molecule has 0 atom stereocenters. The first-order chi connectivity index (χ1) is 7.84. The maximum absolute atomic E-state index is 12.8. The monoisotopic (exact) mass is 213 g/mol. The van der Waals surface area contributed by atoms with Gasteiger partial charge in [0.25, 0.3) is 0 Å². The maximum atomic E-state index is 12.8. The lowest BCUT2D eigenvalue weighted by Crippen LogP contribution is -2.00. The highest BCUT2D eigenvalue weighted by atomic mass is 19.1. The zero-order valence-corrected chi connectivity index (χ0v) is 8.34. The first-order valence-electron chi connectivity index (χ1n) is 4.87. The fourth-order valence-corrected chi connectivity index (χ4v) is 1.68. The molecule has 78 valence electrons. The summed E-state index contributed by atoms with van der Waals surface area (Å²) in [6, 6.07) is 8.18. The number of hydrogen-bond acceptors (Lipinski definition) is 2. The fraction of sp³-hybridized carbons (Fsp3) is 0. The molecule has 3 nitrogen and oxygen atoms in total. The summed E-state index contributed by atoms with van der Waals surface area (Å²) in [6.07, 6.45) is 5.12. The van der Waals surface area contributed by atoms with Crippen LogP contribution >= 0.6 is 0 Å². The predicted molar refractivity (Wildman–Crippen MR) is 57.9 cm³/mol. The SMILES string of the molecule is Fc1ccc(-n2cncc3nccc2-3)cc1. The van der Waals surface area contributed by atoms with E-state index in [0.29, 0.717) is 0 Å². The summed E-state index contributed by atoms with van der Waals surface area (Å²) in [5, 5.41) is 0. The summed E-state index contributed by atoms with van der Waals surface area (Å²) < 4.78 is 14.7. The lowest BCUT2D eigenvalue weighted by atomic mass is 10.2. The molecule has 0 saturated carbocycles. The molecule has 2 heterocycles. The van der Waals surface area contributed by atoms with Crippen molar-refractivity contribution in [3.8, 4) is 17.1 Å². The van der Waals surface area contributed by atoms with Crippen LogP contribution in [0.5, 0.6) is 0 Å². The minimum absolute atomic E-state index is 0.245. The van der Waals surface area contributed by atoms with Gasteiger partial charge in [0, 0.05) is 11.9 Å². The van der Waals surface area contributed by atoms with Crippen molar-refractivity contribution in [2.24, 2.45) is 0 Å². The van der Waals surface area contributed by atoms with Gasteiger partial charge in [-0.2, -0.15) is 0 Å². The Balaban J connectivity index is 2.19. The Morgan fingerprint density at radius 2 is 1.88 bits per heavy atom. The van der Waals surface area contributed by atoms with Gasteiger partial charge >= 0.3 is 0 Å². The second-order valence-electron chi connectivity index (χ2n) is 3.46. The quantitative estimate of drug-likeness (QED) is 0.621. The largest absolute Gasteiger partial charge is 0.299 e. The highest BCUT2D eigenvalue weighted by Crippen LogP contribution is 2.21. The normalized spacial score (nSPS) is 10.8. The highest BCUT2D eigenvalue weighted by molar-refractivity contribution is 5.58. The molecule has 0 aliphatic carbocycles. The first kappa shape index (κ1) is 9.03. The smallest absolute Gasteiger partial charge is 0.123 e. The van der Waals surface area contributed by atoms with Crippen LogP contribution in [0.15, 0.2) is 49.1 Å². The van der Waals surface area contributed by atoms with Gasteiger partial charge in [-0.1, -0.05) is 0 Å². The van der Waals surface area contributed by atoms with Crippen molar-refractivity contribution < 1.29 is 4.39 Å². The lowest BCUT2D eigenvalue weighted by molar-refractivity contribution is 0.627. The van der Waals surface area contributed by atoms with E-state index in [1.165, 1.54) is 12.1 Å². The van der Waals surface area contributed by atoms with E-state index in [2.05, 4.69) is 9.97 Å². The van der Waals surface area contributed by atoms with Crippen molar-refractivity contribution in [1.29, 1.82) is 0 Å². The molecule has 0 fully saturated rings. The highest BCUT2D eigenvalue weighted by Gasteiger charge is 2.08. The van der Waals surface area contributed by atoms with Gasteiger partial charge in [-0.05, 0) is 30.3 Å². The number of hydrogen-bond donors (Lipinski definition) is 0. The molecule has 0 N–H and O–H groups in total. The zero-order valence-electron chi connectivity index (χ0n) is 8.34. The molecule has 16 heavy (non-hydrogen) atoms. The van der Waals surface area contributed by atoms with Gasteiger partial charge in [0.2, 0.25) is 0 Å². The molecular weight excluding hydrogens is 205 g/mol. The number of fused-ring (bicyclic) bond motifs is 1. The Morgan fingerprint density at radius 3 is 2.69 bits per heavy atom. The summed E-state index contributed by atoms with van der Waals surface area (Å²) in [7, 11) is 0. The van der Waals surface area contributed by atoms with Gasteiger partial charge in [-0.15, -0.1) is 0 Å². The Labute approximate surface area is 91.5 Å². The minimum Gasteiger partial charge on any atom is -0.299 e. The third-order valence-electron chi connectivity index (χ3n) is 2.45. The number of rotatable bonds is 1. The van der Waals surface area contributed by atoms with Crippen LogP contribution in [0.4, 0.5) is 4.39 Å². The standard InChI is InChI=1S/C12H8FN3/c13-9-1-3-10(4-2-9)16-8-14-7-11-12(16)5-6-15-11/h1-8H. The van der Waals surface area contributed by atoms with Gasteiger partial charge < -0.3 is 0 Å². The Hall–Kier alpha value is -2.23. The van der Waals surface area contributed by atoms with Crippen molar-refractivity contribution in [3.63, 3.8) is 0 Å². The van der Waals surface area contributed by atoms with E-state index in [1.807, 2.05) is 10.6 Å². The van der Waals surface area contributed by atoms with E-state index >= 15 is 0 Å².